The topological polar surface area (TPSA) is 70.7 Å². The monoisotopic (exact) mass is 517 g/mol. The molecule has 37 heavy (non-hydrogen) atoms. The molecule has 1 aliphatic heterocycles. The average molecular weight is 518 g/mol. The van der Waals surface area contributed by atoms with Crippen LogP contribution in [-0.2, 0) is 17.8 Å². The van der Waals surface area contributed by atoms with E-state index in [1.165, 1.54) is 17.5 Å². The zero-order valence-corrected chi connectivity index (χ0v) is 21.6. The Morgan fingerprint density at radius 1 is 0.946 bits per heavy atom. The lowest BCUT2D eigenvalue weighted by atomic mass is 9.95. The van der Waals surface area contributed by atoms with Crippen LogP contribution in [0.2, 0.25) is 5.02 Å². The number of hydrogen-bond donors (Lipinski definition) is 2. The molecule has 2 amide bonds. The third kappa shape index (κ3) is 6.44. The lowest BCUT2D eigenvalue weighted by Gasteiger charge is -2.32. The molecule has 6 nitrogen and oxygen atoms in total. The summed E-state index contributed by atoms with van der Waals surface area (Å²) in [5.74, 6) is 0.176. The summed E-state index contributed by atoms with van der Waals surface area (Å²) in [5.41, 5.74) is 4.68. The molecule has 2 N–H and O–H groups in total. The van der Waals surface area contributed by atoms with Crippen molar-refractivity contribution in [1.82, 2.24) is 5.32 Å². The molecule has 0 radical (unpaired) electrons. The van der Waals surface area contributed by atoms with Crippen molar-refractivity contribution in [2.24, 2.45) is 0 Å². The highest BCUT2D eigenvalue weighted by molar-refractivity contribution is 6.30. The Morgan fingerprint density at radius 2 is 1.70 bits per heavy atom. The van der Waals surface area contributed by atoms with Crippen molar-refractivity contribution in [3.8, 4) is 5.75 Å². The fourth-order valence-corrected chi connectivity index (χ4v) is 5.29. The highest BCUT2D eigenvalue weighted by Crippen LogP contribution is 2.30. The number of amides is 2. The number of rotatable bonds is 7. The molecule has 3 aromatic rings. The lowest BCUT2D eigenvalue weighted by Crippen LogP contribution is -2.38. The molecule has 2 aliphatic rings. The molecule has 0 atom stereocenters. The Labute approximate surface area is 223 Å². The first-order valence-electron chi connectivity index (χ1n) is 13.0. The van der Waals surface area contributed by atoms with Crippen molar-refractivity contribution in [2.75, 3.05) is 23.4 Å². The molecule has 3 aromatic carbocycles. The van der Waals surface area contributed by atoms with Crippen molar-refractivity contribution < 1.29 is 14.3 Å². The number of hydrogen-bond acceptors (Lipinski definition) is 4. The summed E-state index contributed by atoms with van der Waals surface area (Å²) in [6.07, 6.45) is 6.47. The number of fused-ring (bicyclic) bond motifs is 1. The second-order valence-electron chi connectivity index (χ2n) is 9.77. The van der Waals surface area contributed by atoms with Crippen LogP contribution in [0.25, 0.3) is 0 Å². The van der Waals surface area contributed by atoms with E-state index in [0.29, 0.717) is 22.0 Å². The zero-order chi connectivity index (χ0) is 25.6. The van der Waals surface area contributed by atoms with E-state index in [2.05, 4.69) is 39.8 Å². The van der Waals surface area contributed by atoms with Crippen LogP contribution in [0.1, 0.15) is 53.6 Å². The lowest BCUT2D eigenvalue weighted by molar-refractivity contribution is -0.118. The molecule has 1 heterocycles. The summed E-state index contributed by atoms with van der Waals surface area (Å²) >= 11 is 5.91. The van der Waals surface area contributed by atoms with Crippen LogP contribution >= 0.6 is 11.6 Å². The minimum atomic E-state index is -0.298. The Morgan fingerprint density at radius 3 is 2.49 bits per heavy atom. The van der Waals surface area contributed by atoms with Crippen LogP contribution in [-0.4, -0.2) is 31.0 Å². The predicted molar refractivity (Wildman–Crippen MR) is 148 cm³/mol. The van der Waals surface area contributed by atoms with Crippen LogP contribution in [0.15, 0.2) is 66.7 Å². The Bertz CT molecular complexity index is 1260. The molecular weight excluding hydrogens is 486 g/mol. The van der Waals surface area contributed by atoms with Crippen molar-refractivity contribution in [3.05, 3.63) is 88.4 Å². The fourth-order valence-electron chi connectivity index (χ4n) is 5.16. The summed E-state index contributed by atoms with van der Waals surface area (Å²) in [5, 5.41) is 6.74. The molecule has 1 fully saturated rings. The van der Waals surface area contributed by atoms with Crippen molar-refractivity contribution >= 4 is 34.8 Å². The fraction of sp³-hybridized carbons (Fsp3) is 0.333. The summed E-state index contributed by atoms with van der Waals surface area (Å²) in [6.45, 7) is 1.44. The van der Waals surface area contributed by atoms with Gasteiger partial charge in [0.15, 0.2) is 6.61 Å². The maximum atomic E-state index is 13.5. The van der Waals surface area contributed by atoms with E-state index in [9.17, 15) is 9.59 Å². The van der Waals surface area contributed by atoms with Gasteiger partial charge in [0.05, 0.1) is 5.56 Å². The van der Waals surface area contributed by atoms with Gasteiger partial charge in [0.1, 0.15) is 5.75 Å². The Hall–Kier alpha value is -3.51. The molecule has 0 aromatic heterocycles. The van der Waals surface area contributed by atoms with Crippen LogP contribution in [0.3, 0.4) is 0 Å². The molecular formula is C30H32ClN3O3. The number of carbonyl (C=O) groups is 2. The zero-order valence-electron chi connectivity index (χ0n) is 20.8. The number of nitrogens with one attached hydrogen (secondary N) is 2. The van der Waals surface area contributed by atoms with Crippen LogP contribution in [0.4, 0.5) is 11.4 Å². The van der Waals surface area contributed by atoms with Crippen LogP contribution in [0.5, 0.6) is 5.75 Å². The van der Waals surface area contributed by atoms with Gasteiger partial charge in [-0.05, 0) is 72.9 Å². The van der Waals surface area contributed by atoms with E-state index >= 15 is 0 Å². The van der Waals surface area contributed by atoms with E-state index in [1.54, 1.807) is 30.3 Å². The van der Waals surface area contributed by atoms with Crippen LogP contribution < -0.4 is 20.3 Å². The van der Waals surface area contributed by atoms with E-state index in [4.69, 9.17) is 16.3 Å². The van der Waals surface area contributed by atoms with Gasteiger partial charge >= 0.3 is 0 Å². The minimum absolute atomic E-state index is 0.0886. The predicted octanol–water partition coefficient (Wildman–Crippen LogP) is 5.98. The van der Waals surface area contributed by atoms with E-state index in [1.807, 2.05) is 12.1 Å². The number of ether oxygens (including phenoxy) is 1. The maximum Gasteiger partial charge on any atom is 0.262 e. The third-order valence-corrected chi connectivity index (χ3v) is 7.37. The number of nitrogens with zero attached hydrogens (tertiary/aromatic N) is 1. The standard InChI is InChI=1S/C30H32ClN3O3/c31-23-10-13-26(14-11-23)37-20-29(35)32-25-12-15-28(34-17-16-21-6-4-5-7-22(21)19-34)27(18-25)30(36)33-24-8-2-1-3-9-24/h4-7,10-15,18,24H,1-3,8-9,16-17,19-20H2,(H,32,35)(H,33,36). The Balaban J connectivity index is 1.33. The van der Waals surface area contributed by atoms with Crippen molar-refractivity contribution in [1.29, 1.82) is 0 Å². The average Bonchev–Trinajstić information content (AvgIpc) is 2.93. The van der Waals surface area contributed by atoms with Crippen molar-refractivity contribution in [3.63, 3.8) is 0 Å². The summed E-state index contributed by atoms with van der Waals surface area (Å²) in [4.78, 5) is 28.4. The van der Waals surface area contributed by atoms with Gasteiger partial charge in [-0.25, -0.2) is 0 Å². The maximum absolute atomic E-state index is 13.5. The van der Waals surface area contributed by atoms with Gasteiger partial charge in [0.25, 0.3) is 11.8 Å². The normalized spacial score (nSPS) is 15.5. The van der Waals surface area contributed by atoms with Crippen LogP contribution in [0, 0.1) is 0 Å². The number of benzene rings is 3. The molecule has 192 valence electrons. The number of carbonyl (C=O) groups excluding carboxylic acids is 2. The minimum Gasteiger partial charge on any atom is -0.484 e. The van der Waals surface area contributed by atoms with Gasteiger partial charge in [-0.3, -0.25) is 9.59 Å². The first-order valence-corrected chi connectivity index (χ1v) is 13.4. The number of anilines is 2. The second kappa shape index (κ2) is 11.7. The molecule has 1 saturated carbocycles. The van der Waals surface area contributed by atoms with E-state index in [-0.39, 0.29) is 24.5 Å². The first-order chi connectivity index (χ1) is 18.0. The molecule has 0 spiro atoms. The smallest absolute Gasteiger partial charge is 0.262 e. The number of halogens is 1. The first kappa shape index (κ1) is 25.2. The van der Waals surface area contributed by atoms with Gasteiger partial charge in [-0.2, -0.15) is 0 Å². The second-order valence-corrected chi connectivity index (χ2v) is 10.2. The quantitative estimate of drug-likeness (QED) is 0.404. The molecule has 0 saturated heterocycles. The Kier molecular flexibility index (Phi) is 7.95. The summed E-state index contributed by atoms with van der Waals surface area (Å²) in [7, 11) is 0. The van der Waals surface area contributed by atoms with Gasteiger partial charge < -0.3 is 20.3 Å². The van der Waals surface area contributed by atoms with Gasteiger partial charge in [-0.15, -0.1) is 0 Å². The molecule has 1 aliphatic carbocycles. The molecule has 0 unspecified atom stereocenters. The van der Waals surface area contributed by atoms with E-state index < -0.39 is 0 Å². The van der Waals surface area contributed by atoms with Gasteiger partial charge in [0, 0.05) is 35.5 Å². The molecule has 7 heteroatoms. The summed E-state index contributed by atoms with van der Waals surface area (Å²) < 4.78 is 5.57. The van der Waals surface area contributed by atoms with E-state index in [0.717, 1.165) is 50.9 Å². The molecule has 0 bridgehead atoms. The highest BCUT2D eigenvalue weighted by Gasteiger charge is 2.24. The molecule has 5 rings (SSSR count). The summed E-state index contributed by atoms with van der Waals surface area (Å²) in [6, 6.07) is 21.1. The highest BCUT2D eigenvalue weighted by atomic mass is 35.5. The largest absolute Gasteiger partial charge is 0.484 e. The van der Waals surface area contributed by atoms with Crippen molar-refractivity contribution in [2.45, 2.75) is 51.1 Å². The third-order valence-electron chi connectivity index (χ3n) is 7.12. The van der Waals surface area contributed by atoms with Gasteiger partial charge in [0.2, 0.25) is 0 Å². The van der Waals surface area contributed by atoms with Gasteiger partial charge in [-0.1, -0.05) is 55.1 Å². The SMILES string of the molecule is O=C(COc1ccc(Cl)cc1)Nc1ccc(N2CCc3ccccc3C2)c(C(=O)NC2CCCCC2)c1.